The molecule has 4 atom stereocenters. The summed E-state index contributed by atoms with van der Waals surface area (Å²) in [6.07, 6.45) is 10.9. The molecule has 0 unspecified atom stereocenters. The van der Waals surface area contributed by atoms with Gasteiger partial charge in [0.15, 0.2) is 0 Å². The minimum absolute atomic E-state index is 0.0445. The predicted octanol–water partition coefficient (Wildman–Crippen LogP) is 7.00. The van der Waals surface area contributed by atoms with Crippen LogP contribution in [0, 0.1) is 24.7 Å². The maximum Gasteiger partial charge on any atom is 0.133 e. The second kappa shape index (κ2) is 9.67. The highest BCUT2D eigenvalue weighted by Gasteiger charge is 2.52. The molecular weight excluding hydrogens is 496 g/mol. The van der Waals surface area contributed by atoms with Crippen molar-refractivity contribution in [2.24, 2.45) is 30.8 Å². The first-order chi connectivity index (χ1) is 18.7. The molecule has 0 radical (unpaired) electrons. The van der Waals surface area contributed by atoms with E-state index in [2.05, 4.69) is 41.5 Å². The molecule has 2 N–H and O–H groups in total. The van der Waals surface area contributed by atoms with E-state index in [-0.39, 0.29) is 45.5 Å². The van der Waals surface area contributed by atoms with Crippen LogP contribution in [-0.2, 0) is 0 Å². The Morgan fingerprint density at radius 2 is 0.900 bits per heavy atom. The van der Waals surface area contributed by atoms with Crippen LogP contribution in [0.25, 0.3) is 0 Å². The van der Waals surface area contributed by atoms with Crippen molar-refractivity contribution in [3.8, 4) is 11.5 Å². The lowest BCUT2D eigenvalue weighted by atomic mass is 9.74. The van der Waals surface area contributed by atoms with Crippen molar-refractivity contribution in [1.82, 2.24) is 0 Å². The summed E-state index contributed by atoms with van der Waals surface area (Å²) in [7, 11) is 0. The van der Waals surface area contributed by atoms with Gasteiger partial charge in [0, 0.05) is 57.9 Å². The Hall–Kier alpha value is -3.28. The zero-order valence-corrected chi connectivity index (χ0v) is 25.3. The number of fused-ring (bicyclic) bond motifs is 8. The van der Waals surface area contributed by atoms with Crippen LogP contribution in [0.1, 0.15) is 101 Å². The lowest BCUT2D eigenvalue weighted by Crippen LogP contribution is -2.40. The molecule has 212 valence electrons. The van der Waals surface area contributed by atoms with Crippen molar-refractivity contribution < 1.29 is 10.2 Å². The number of aliphatic imine (C=N–C) groups is 4. The third-order valence-corrected chi connectivity index (χ3v) is 10.6. The lowest BCUT2D eigenvalue weighted by molar-refractivity contribution is 0.211. The molecule has 2 aliphatic carbocycles. The Balaban J connectivity index is 1.66. The smallest absolute Gasteiger partial charge is 0.133 e. The molecule has 2 aromatic carbocycles. The van der Waals surface area contributed by atoms with Crippen LogP contribution in [0.15, 0.2) is 44.2 Å². The predicted molar refractivity (Wildman–Crippen MR) is 166 cm³/mol. The number of nitrogens with zero attached hydrogens (tertiary/aromatic N) is 4. The van der Waals surface area contributed by atoms with Crippen molar-refractivity contribution in [1.29, 1.82) is 0 Å². The molecule has 2 aromatic rings. The molecular formula is C34H44N4O2. The summed E-state index contributed by atoms with van der Waals surface area (Å²) < 4.78 is 0. The maximum atomic E-state index is 11.3. The van der Waals surface area contributed by atoms with Gasteiger partial charge in [-0.15, -0.1) is 0 Å². The van der Waals surface area contributed by atoms with Crippen LogP contribution in [0.4, 0.5) is 0 Å². The summed E-state index contributed by atoms with van der Waals surface area (Å²) in [5.74, 6) is 0.421. The van der Waals surface area contributed by atoms with Gasteiger partial charge in [-0.3, -0.25) is 20.0 Å². The summed E-state index contributed by atoms with van der Waals surface area (Å²) in [5, 5.41) is 22.5. The fourth-order valence-corrected chi connectivity index (χ4v) is 6.73. The van der Waals surface area contributed by atoms with E-state index in [1.807, 2.05) is 63.0 Å². The molecule has 0 amide bonds. The topological polar surface area (TPSA) is 89.9 Å². The van der Waals surface area contributed by atoms with E-state index < -0.39 is 0 Å². The van der Waals surface area contributed by atoms with Crippen molar-refractivity contribution in [2.45, 2.75) is 104 Å². The normalized spacial score (nSPS) is 30.5. The molecule has 2 fully saturated rings. The van der Waals surface area contributed by atoms with E-state index in [0.29, 0.717) is 22.3 Å². The summed E-state index contributed by atoms with van der Waals surface area (Å²) in [5.41, 5.74) is 3.76. The van der Waals surface area contributed by atoms with Crippen LogP contribution in [-0.4, -0.2) is 58.2 Å². The maximum absolute atomic E-state index is 11.3. The van der Waals surface area contributed by atoms with Crippen molar-refractivity contribution in [2.75, 3.05) is 0 Å². The minimum Gasteiger partial charge on any atom is -0.507 e. The summed E-state index contributed by atoms with van der Waals surface area (Å²) in [6.45, 7) is 17.3. The molecule has 2 saturated carbocycles. The number of aromatic hydroxyl groups is 2. The van der Waals surface area contributed by atoms with Gasteiger partial charge < -0.3 is 10.2 Å². The van der Waals surface area contributed by atoms with E-state index in [4.69, 9.17) is 20.0 Å². The molecule has 1 aliphatic heterocycles. The van der Waals surface area contributed by atoms with Gasteiger partial charge in [0.2, 0.25) is 0 Å². The second-order valence-electron chi connectivity index (χ2n) is 13.8. The van der Waals surface area contributed by atoms with Crippen LogP contribution in [0.3, 0.4) is 0 Å². The van der Waals surface area contributed by atoms with E-state index in [1.54, 1.807) is 0 Å². The summed E-state index contributed by atoms with van der Waals surface area (Å²) >= 11 is 0. The van der Waals surface area contributed by atoms with Gasteiger partial charge >= 0.3 is 0 Å². The van der Waals surface area contributed by atoms with Gasteiger partial charge in [0.05, 0.1) is 23.2 Å². The number of hydrogen-bond acceptors (Lipinski definition) is 6. The Kier molecular flexibility index (Phi) is 6.83. The van der Waals surface area contributed by atoms with Crippen LogP contribution in [0.2, 0.25) is 0 Å². The standard InChI is InChI=1S/C34H44N4O2/c1-21-13-23-17-35-27-9-11-33(7,31(27,3)4)37-19-25-15-22(2)16-26(30(25)40)20-38-34(8)12-10-28(32(34,5)6)36-18-24(14-21)29(23)39/h13-20,27-28,39-40H,9-12H2,1-8H3/t27-,28-,33+,34+/m0/s1. The molecule has 1 heterocycles. The van der Waals surface area contributed by atoms with Crippen molar-refractivity contribution in [3.05, 3.63) is 57.6 Å². The Morgan fingerprint density at radius 1 is 0.575 bits per heavy atom. The largest absolute Gasteiger partial charge is 0.507 e. The van der Waals surface area contributed by atoms with Gasteiger partial charge in [-0.25, -0.2) is 0 Å². The average Bonchev–Trinajstić information content (AvgIpc) is 3.24. The molecule has 8 bridgehead atoms. The van der Waals surface area contributed by atoms with E-state index in [1.165, 1.54) is 0 Å². The highest BCUT2D eigenvalue weighted by molar-refractivity contribution is 5.93. The molecule has 0 saturated heterocycles. The summed E-state index contributed by atoms with van der Waals surface area (Å²) in [6, 6.07) is 8.00. The van der Waals surface area contributed by atoms with Gasteiger partial charge in [-0.1, -0.05) is 27.7 Å². The number of hydrogen-bond donors (Lipinski definition) is 2. The number of phenols is 2. The van der Waals surface area contributed by atoms with E-state index in [9.17, 15) is 10.2 Å². The third kappa shape index (κ3) is 4.59. The zero-order valence-electron chi connectivity index (χ0n) is 25.3. The van der Waals surface area contributed by atoms with Gasteiger partial charge in [-0.05, 0) is 88.8 Å². The Bertz CT molecular complexity index is 1350. The van der Waals surface area contributed by atoms with Crippen LogP contribution >= 0.6 is 0 Å². The third-order valence-electron chi connectivity index (χ3n) is 10.6. The van der Waals surface area contributed by atoms with E-state index >= 15 is 0 Å². The van der Waals surface area contributed by atoms with Gasteiger partial charge in [0.25, 0.3) is 0 Å². The molecule has 40 heavy (non-hydrogen) atoms. The van der Waals surface area contributed by atoms with Crippen LogP contribution < -0.4 is 0 Å². The molecule has 6 heteroatoms. The van der Waals surface area contributed by atoms with Crippen LogP contribution in [0.5, 0.6) is 11.5 Å². The molecule has 5 rings (SSSR count). The molecule has 6 nitrogen and oxygen atoms in total. The Labute approximate surface area is 239 Å². The number of phenolic OH excluding ortho intramolecular Hbond substituents is 2. The molecule has 0 aromatic heterocycles. The first-order valence-electron chi connectivity index (χ1n) is 14.5. The summed E-state index contributed by atoms with van der Waals surface area (Å²) in [4.78, 5) is 20.2. The quantitative estimate of drug-likeness (QED) is 0.377. The number of rotatable bonds is 0. The first-order valence-corrected chi connectivity index (χ1v) is 14.5. The van der Waals surface area contributed by atoms with Gasteiger partial charge in [-0.2, -0.15) is 0 Å². The fourth-order valence-electron chi connectivity index (χ4n) is 6.73. The SMILES string of the molecule is Cc1cc2c(O)c(c1)C=N[C@H]1CC[C@@](C)(N=Cc3cc(C)cc(c3O)C=N[C@]3(C)CC[C@H](N=C2)C3(C)C)C1(C)C. The number of benzene rings is 2. The first kappa shape index (κ1) is 28.3. The van der Waals surface area contributed by atoms with Crippen molar-refractivity contribution >= 4 is 24.9 Å². The number of aryl methyl sites for hydroxylation is 2. The van der Waals surface area contributed by atoms with Gasteiger partial charge in [0.1, 0.15) is 11.5 Å². The average molecular weight is 541 g/mol. The molecule has 0 spiro atoms. The lowest BCUT2D eigenvalue weighted by Gasteiger charge is -2.37. The zero-order chi connectivity index (χ0) is 29.1. The minimum atomic E-state index is -0.358. The second-order valence-corrected chi connectivity index (χ2v) is 13.8. The monoisotopic (exact) mass is 540 g/mol. The fraction of sp³-hybridized carbons (Fsp3) is 0.529. The van der Waals surface area contributed by atoms with Crippen molar-refractivity contribution in [3.63, 3.8) is 0 Å². The van der Waals surface area contributed by atoms with E-state index in [0.717, 1.165) is 36.8 Å². The Morgan fingerprint density at radius 3 is 1.25 bits per heavy atom. The highest BCUT2D eigenvalue weighted by atomic mass is 16.3. The highest BCUT2D eigenvalue weighted by Crippen LogP contribution is 2.51. The molecule has 3 aliphatic rings.